The molecule has 3 nitrogen and oxygen atoms in total. The lowest BCUT2D eigenvalue weighted by molar-refractivity contribution is -0.168. The van der Waals surface area contributed by atoms with Crippen molar-refractivity contribution in [3.8, 4) is 0 Å². The number of rotatable bonds is 18. The largest absolute Gasteiger partial charge is 0.390 e. The number of allylic oxidation sites excluding steroid dienone is 9. The van der Waals surface area contributed by atoms with Crippen LogP contribution >= 0.6 is 33.8 Å². The lowest BCUT2D eigenvalue weighted by Crippen LogP contribution is -2.57. The predicted octanol–water partition coefficient (Wildman–Crippen LogP) is 14.1. The molecule has 2 aliphatic carbocycles. The minimum absolute atomic E-state index is 0.279. The van der Waals surface area contributed by atoms with E-state index in [-0.39, 0.29) is 13.6 Å². The van der Waals surface area contributed by atoms with Gasteiger partial charge in [-0.15, -0.1) is 0 Å². The van der Waals surface area contributed by atoms with Crippen LogP contribution in [0.25, 0.3) is 0 Å². The van der Waals surface area contributed by atoms with Gasteiger partial charge in [-0.1, -0.05) is 94.4 Å². The maximum absolute atomic E-state index is 11.2. The van der Waals surface area contributed by atoms with Crippen LogP contribution in [0.5, 0.6) is 0 Å². The van der Waals surface area contributed by atoms with Crippen LogP contribution in [0, 0.1) is 22.7 Å². The van der Waals surface area contributed by atoms with Crippen LogP contribution < -0.4 is 0 Å². The van der Waals surface area contributed by atoms with E-state index < -0.39 is 5.60 Å². The summed E-state index contributed by atoms with van der Waals surface area (Å²) in [5, 5.41) is 11.2. The van der Waals surface area contributed by atoms with E-state index in [0.717, 1.165) is 57.0 Å². The van der Waals surface area contributed by atoms with Gasteiger partial charge < -0.3 is 9.63 Å². The average Bonchev–Trinajstić information content (AvgIpc) is 2.96. The molecule has 1 N–H and O–H groups in total. The fourth-order valence-electron chi connectivity index (χ4n) is 8.22. The van der Waals surface area contributed by atoms with E-state index in [1.165, 1.54) is 66.4 Å². The molecule has 0 bridgehead atoms. The van der Waals surface area contributed by atoms with Crippen molar-refractivity contribution >= 4 is 33.8 Å². The van der Waals surface area contributed by atoms with Crippen LogP contribution in [-0.2, 0) is 9.09 Å². The Kier molecular flexibility index (Phi) is 22.5. The highest BCUT2D eigenvalue weighted by Gasteiger charge is 2.57. The Morgan fingerprint density at radius 2 is 1.36 bits per heavy atom. The van der Waals surface area contributed by atoms with Crippen molar-refractivity contribution in [3.05, 3.63) is 58.2 Å². The Morgan fingerprint density at radius 3 is 1.91 bits per heavy atom. The molecule has 2 fully saturated rings. The van der Waals surface area contributed by atoms with Crippen LogP contribution in [0.3, 0.4) is 0 Å². The second kappa shape index (κ2) is 23.5. The zero-order valence-corrected chi connectivity index (χ0v) is 36.0. The van der Waals surface area contributed by atoms with Crippen LogP contribution in [-0.4, -0.2) is 23.5 Å². The lowest BCUT2D eigenvalue weighted by atomic mass is 9.45. The first-order chi connectivity index (χ1) is 22.1. The molecular weight excluding hydrogens is 652 g/mol. The number of aliphatic hydroxyl groups is 1. The highest BCUT2D eigenvalue weighted by molar-refractivity contribution is 8.06. The molecule has 0 saturated heterocycles. The third-order valence-electron chi connectivity index (χ3n) is 10.9. The summed E-state index contributed by atoms with van der Waals surface area (Å²) in [6.45, 7) is 23.4. The Hall–Kier alpha value is 0.01000. The molecule has 0 amide bonds. The topological polar surface area (TPSA) is 46.5 Å². The number of hydrogen-bond acceptors (Lipinski definition) is 3. The summed E-state index contributed by atoms with van der Waals surface area (Å²) in [4.78, 5) is 0. The van der Waals surface area contributed by atoms with Crippen LogP contribution in [0.2, 0.25) is 0 Å². The Morgan fingerprint density at radius 1 is 0.809 bits per heavy atom. The first-order valence-corrected chi connectivity index (χ1v) is 23.8. The second-order valence-corrected chi connectivity index (χ2v) is 19.5. The van der Waals surface area contributed by atoms with E-state index in [4.69, 9.17) is 4.52 Å². The zero-order valence-electron chi connectivity index (χ0n) is 31.9. The van der Waals surface area contributed by atoms with E-state index in [9.17, 15) is 9.67 Å². The zero-order chi connectivity index (χ0) is 35.5. The van der Waals surface area contributed by atoms with Crippen molar-refractivity contribution in [2.24, 2.45) is 22.7 Å². The van der Waals surface area contributed by atoms with Gasteiger partial charge in [-0.05, 0) is 163 Å². The van der Waals surface area contributed by atoms with Crippen molar-refractivity contribution in [1.29, 1.82) is 0 Å². The maximum Gasteiger partial charge on any atom is 0.178 e. The molecule has 0 aromatic carbocycles. The quantitative estimate of drug-likeness (QED) is 0.0870. The van der Waals surface area contributed by atoms with Gasteiger partial charge in [0, 0.05) is 8.50 Å². The minimum Gasteiger partial charge on any atom is -0.390 e. The Bertz CT molecular complexity index is 1080. The van der Waals surface area contributed by atoms with Gasteiger partial charge in [0.1, 0.15) is 0 Å². The monoisotopic (exact) mass is 724 g/mol. The standard InChI is InChI=1S/C20H38O2P2.C20H34OP2/c1-15(10-14-22-24-23)7-8-17-19(4)12-6-11-18(2,3)16(19)9-13-20(17,5)21;1-17(2)9-6-10-18(3)11-7-12-19(4)13-8-14-20(5)15-16-22-23-21/h10,16-17,21,24H,6-9,11-14,23H2,1-5H3;9,11,13,15,22H,6-8,10,12,14,16H2,1-5H3/b15-10+;18-11-,19-13+,20-15-. The summed E-state index contributed by atoms with van der Waals surface area (Å²) < 4.78 is 15.8. The summed E-state index contributed by atoms with van der Waals surface area (Å²) in [5.41, 5.74) is 7.40. The average molecular weight is 725 g/mol. The van der Waals surface area contributed by atoms with Gasteiger partial charge in [0.25, 0.3) is 0 Å². The molecule has 0 aromatic heterocycles. The highest BCUT2D eigenvalue weighted by Crippen LogP contribution is 2.63. The van der Waals surface area contributed by atoms with Crippen molar-refractivity contribution < 1.29 is 14.2 Å². The van der Waals surface area contributed by atoms with E-state index in [1.54, 1.807) is 0 Å². The lowest BCUT2D eigenvalue weighted by Gasteiger charge is -2.61. The van der Waals surface area contributed by atoms with Gasteiger partial charge in [0.15, 0.2) is 8.15 Å². The van der Waals surface area contributed by atoms with Crippen molar-refractivity contribution in [2.45, 2.75) is 158 Å². The molecule has 0 aliphatic heterocycles. The minimum atomic E-state index is -0.517. The van der Waals surface area contributed by atoms with E-state index in [0.29, 0.717) is 34.7 Å². The second-order valence-electron chi connectivity index (χ2n) is 15.9. The van der Waals surface area contributed by atoms with Crippen molar-refractivity contribution in [1.82, 2.24) is 0 Å². The van der Waals surface area contributed by atoms with Crippen LogP contribution in [0.15, 0.2) is 58.2 Å². The Balaban J connectivity index is 0.000000471. The summed E-state index contributed by atoms with van der Waals surface area (Å²) >= 11 is 0. The summed E-state index contributed by atoms with van der Waals surface area (Å²) in [7, 11) is 3.90. The summed E-state index contributed by atoms with van der Waals surface area (Å²) in [6, 6.07) is 0. The fraction of sp³-hybridized carbons (Fsp3) is 0.750. The summed E-state index contributed by atoms with van der Waals surface area (Å²) in [5.74, 6) is 1.14. The normalized spacial score (nSPS) is 27.3. The van der Waals surface area contributed by atoms with Gasteiger partial charge in [0.2, 0.25) is 0 Å². The highest BCUT2D eigenvalue weighted by atomic mass is 32.0. The van der Waals surface area contributed by atoms with Gasteiger partial charge in [-0.3, -0.25) is 4.57 Å². The molecule has 7 atom stereocenters. The molecule has 7 unspecified atom stereocenters. The maximum atomic E-state index is 11.2. The van der Waals surface area contributed by atoms with Crippen LogP contribution in [0.1, 0.15) is 153 Å². The molecule has 47 heavy (non-hydrogen) atoms. The molecule has 0 aromatic rings. The molecular formula is C40H72O3P4. The molecule has 2 saturated carbocycles. The van der Waals surface area contributed by atoms with Crippen molar-refractivity contribution in [2.75, 3.05) is 12.8 Å². The molecule has 270 valence electrons. The number of hydrogen-bond donors (Lipinski definition) is 1. The van der Waals surface area contributed by atoms with Gasteiger partial charge in [-0.25, -0.2) is 0 Å². The van der Waals surface area contributed by atoms with Gasteiger partial charge >= 0.3 is 0 Å². The summed E-state index contributed by atoms with van der Waals surface area (Å²) in [6.07, 6.45) is 27.6. The number of fused-ring (bicyclic) bond motifs is 1. The van der Waals surface area contributed by atoms with Gasteiger partial charge in [0.05, 0.1) is 12.2 Å². The van der Waals surface area contributed by atoms with E-state index >= 15 is 0 Å². The Labute approximate surface area is 299 Å². The third kappa shape index (κ3) is 17.7. The van der Waals surface area contributed by atoms with Crippen LogP contribution in [0.4, 0.5) is 0 Å². The van der Waals surface area contributed by atoms with Crippen molar-refractivity contribution in [3.63, 3.8) is 0 Å². The molecule has 0 radical (unpaired) electrons. The molecule has 2 rings (SSSR count). The first-order valence-electron chi connectivity index (χ1n) is 18.2. The van der Waals surface area contributed by atoms with Gasteiger partial charge in [-0.2, -0.15) is 0 Å². The molecule has 0 heterocycles. The third-order valence-corrected chi connectivity index (χ3v) is 13.2. The molecule has 2 aliphatic rings. The first kappa shape index (κ1) is 45.0. The van der Waals surface area contributed by atoms with E-state index in [1.807, 2.05) is 0 Å². The molecule has 7 heteroatoms. The smallest absolute Gasteiger partial charge is 0.178 e. The molecule has 0 spiro atoms. The van der Waals surface area contributed by atoms with E-state index in [2.05, 4.69) is 109 Å². The SMILES string of the molecule is C/C(=C\COPP)CCC1C(C)(O)CCC2C(C)(C)CCCC21C.CC(C)=CCC/C(C)=C\CC/C(C)=C/CC/C(C)=C\CPP=O. The fourth-order valence-corrected chi connectivity index (χ4v) is 9.70. The predicted molar refractivity (Wildman–Crippen MR) is 219 cm³/mol.